The first-order valence-electron chi connectivity index (χ1n) is 9.53. The van der Waals surface area contributed by atoms with Gasteiger partial charge in [-0.15, -0.1) is 0 Å². The second kappa shape index (κ2) is 8.68. The molecule has 0 radical (unpaired) electrons. The zero-order chi connectivity index (χ0) is 20.1. The molecule has 0 heterocycles. The third-order valence-corrected chi connectivity index (χ3v) is 5.04. The second-order valence-electron chi connectivity index (χ2n) is 7.99. The SMILES string of the molecule is CCC(C(=O)O)c1ccc(C(C)(O)NC(C)(C)CCc2ccccc2)cc1. The molecule has 146 valence electrons. The van der Waals surface area contributed by atoms with Gasteiger partial charge in [-0.05, 0) is 56.7 Å². The van der Waals surface area contributed by atoms with Crippen molar-refractivity contribution in [1.29, 1.82) is 0 Å². The van der Waals surface area contributed by atoms with Crippen LogP contribution in [0.3, 0.4) is 0 Å². The minimum atomic E-state index is -1.20. The largest absolute Gasteiger partial charge is 0.481 e. The molecule has 27 heavy (non-hydrogen) atoms. The molecule has 3 N–H and O–H groups in total. The fourth-order valence-corrected chi connectivity index (χ4v) is 3.49. The second-order valence-corrected chi connectivity index (χ2v) is 7.99. The van der Waals surface area contributed by atoms with Crippen LogP contribution in [-0.2, 0) is 16.9 Å². The number of carboxylic acid groups (broad SMARTS) is 1. The Balaban J connectivity index is 2.06. The van der Waals surface area contributed by atoms with Crippen LogP contribution in [0.4, 0.5) is 0 Å². The first-order chi connectivity index (χ1) is 12.6. The summed E-state index contributed by atoms with van der Waals surface area (Å²) >= 11 is 0. The molecule has 0 aliphatic heterocycles. The Morgan fingerprint density at radius 2 is 1.63 bits per heavy atom. The van der Waals surface area contributed by atoms with E-state index in [4.69, 9.17) is 0 Å². The average Bonchev–Trinajstić information content (AvgIpc) is 2.61. The molecule has 0 aromatic heterocycles. The van der Waals surface area contributed by atoms with Crippen molar-refractivity contribution in [1.82, 2.24) is 5.32 Å². The number of rotatable bonds is 9. The lowest BCUT2D eigenvalue weighted by molar-refractivity contribution is -0.138. The van der Waals surface area contributed by atoms with Gasteiger partial charge in [0.1, 0.15) is 5.72 Å². The summed E-state index contributed by atoms with van der Waals surface area (Å²) in [6, 6.07) is 17.5. The summed E-state index contributed by atoms with van der Waals surface area (Å²) in [6.45, 7) is 7.76. The molecular weight excluding hydrogens is 338 g/mol. The van der Waals surface area contributed by atoms with Crippen LogP contribution in [-0.4, -0.2) is 21.7 Å². The maximum Gasteiger partial charge on any atom is 0.310 e. The highest BCUT2D eigenvalue weighted by molar-refractivity contribution is 5.76. The van der Waals surface area contributed by atoms with E-state index in [1.165, 1.54) is 5.56 Å². The first kappa shape index (κ1) is 21.1. The molecule has 0 bridgehead atoms. The van der Waals surface area contributed by atoms with Crippen molar-refractivity contribution < 1.29 is 15.0 Å². The highest BCUT2D eigenvalue weighted by atomic mass is 16.4. The van der Waals surface area contributed by atoms with Crippen molar-refractivity contribution in [2.75, 3.05) is 0 Å². The molecule has 0 saturated heterocycles. The third-order valence-electron chi connectivity index (χ3n) is 5.04. The minimum absolute atomic E-state index is 0.273. The highest BCUT2D eigenvalue weighted by Gasteiger charge is 2.31. The van der Waals surface area contributed by atoms with Crippen LogP contribution in [0.5, 0.6) is 0 Å². The van der Waals surface area contributed by atoms with Gasteiger partial charge in [-0.25, -0.2) is 0 Å². The Labute approximate surface area is 162 Å². The first-order valence-corrected chi connectivity index (χ1v) is 9.53. The molecule has 2 unspecified atom stereocenters. The van der Waals surface area contributed by atoms with E-state index in [-0.39, 0.29) is 5.54 Å². The van der Waals surface area contributed by atoms with Gasteiger partial charge in [0.05, 0.1) is 5.92 Å². The number of aliphatic carboxylic acids is 1. The van der Waals surface area contributed by atoms with Gasteiger partial charge >= 0.3 is 5.97 Å². The lowest BCUT2D eigenvalue weighted by atomic mass is 9.90. The van der Waals surface area contributed by atoms with Gasteiger partial charge in [0, 0.05) is 5.54 Å². The van der Waals surface area contributed by atoms with Crippen LogP contribution in [0.25, 0.3) is 0 Å². The number of carboxylic acids is 1. The smallest absolute Gasteiger partial charge is 0.310 e. The number of aryl methyl sites for hydroxylation is 1. The quantitative estimate of drug-likeness (QED) is 0.572. The average molecular weight is 370 g/mol. The summed E-state index contributed by atoms with van der Waals surface area (Å²) in [5, 5.41) is 23.6. The zero-order valence-electron chi connectivity index (χ0n) is 16.7. The molecule has 2 atom stereocenters. The Morgan fingerprint density at radius 1 is 1.04 bits per heavy atom. The van der Waals surface area contributed by atoms with Crippen molar-refractivity contribution >= 4 is 5.97 Å². The predicted octanol–water partition coefficient (Wildman–Crippen LogP) is 4.43. The van der Waals surface area contributed by atoms with Crippen LogP contribution in [0.15, 0.2) is 54.6 Å². The van der Waals surface area contributed by atoms with Crippen molar-refractivity contribution in [3.8, 4) is 0 Å². The summed E-state index contributed by atoms with van der Waals surface area (Å²) in [6.07, 6.45) is 2.34. The van der Waals surface area contributed by atoms with E-state index >= 15 is 0 Å². The molecule has 0 aliphatic rings. The molecule has 0 aliphatic carbocycles. The topological polar surface area (TPSA) is 69.6 Å². The molecule has 0 amide bonds. The minimum Gasteiger partial charge on any atom is -0.481 e. The highest BCUT2D eigenvalue weighted by Crippen LogP contribution is 2.26. The number of benzene rings is 2. The molecular formula is C23H31NO3. The van der Waals surface area contributed by atoms with E-state index in [9.17, 15) is 15.0 Å². The molecule has 4 nitrogen and oxygen atoms in total. The number of hydrogen-bond donors (Lipinski definition) is 3. The van der Waals surface area contributed by atoms with E-state index < -0.39 is 17.6 Å². The standard InChI is InChI=1S/C23H31NO3/c1-5-20(21(25)26)18-11-13-19(14-12-18)23(4,27)24-22(2,3)16-15-17-9-7-6-8-10-17/h6-14,20,24,27H,5,15-16H2,1-4H3,(H,25,26). The summed E-state index contributed by atoms with van der Waals surface area (Å²) in [7, 11) is 0. The van der Waals surface area contributed by atoms with Crippen LogP contribution in [0.1, 0.15) is 63.1 Å². The van der Waals surface area contributed by atoms with Gasteiger partial charge in [0.15, 0.2) is 0 Å². The Morgan fingerprint density at radius 3 is 2.15 bits per heavy atom. The normalized spacial score (nSPS) is 15.1. The van der Waals surface area contributed by atoms with E-state index in [0.29, 0.717) is 6.42 Å². The molecule has 0 fully saturated rings. The Bertz CT molecular complexity index is 736. The molecule has 4 heteroatoms. The van der Waals surface area contributed by atoms with Gasteiger partial charge in [-0.3, -0.25) is 10.1 Å². The van der Waals surface area contributed by atoms with E-state index in [2.05, 4.69) is 31.3 Å². The summed E-state index contributed by atoms with van der Waals surface area (Å²) < 4.78 is 0. The van der Waals surface area contributed by atoms with Gasteiger partial charge in [0.25, 0.3) is 0 Å². The van der Waals surface area contributed by atoms with Crippen LogP contribution < -0.4 is 5.32 Å². The van der Waals surface area contributed by atoms with Gasteiger partial charge < -0.3 is 10.2 Å². The maximum absolute atomic E-state index is 11.3. The number of aliphatic hydroxyl groups is 1. The number of hydrogen-bond acceptors (Lipinski definition) is 3. The summed E-state index contributed by atoms with van der Waals surface area (Å²) in [4.78, 5) is 11.3. The van der Waals surface area contributed by atoms with E-state index in [1.807, 2.05) is 25.1 Å². The lowest BCUT2D eigenvalue weighted by Gasteiger charge is -2.36. The van der Waals surface area contributed by atoms with Crippen molar-refractivity contribution in [3.63, 3.8) is 0 Å². The van der Waals surface area contributed by atoms with Crippen LogP contribution >= 0.6 is 0 Å². The fraction of sp³-hybridized carbons (Fsp3) is 0.435. The maximum atomic E-state index is 11.3. The predicted molar refractivity (Wildman–Crippen MR) is 109 cm³/mol. The molecule has 0 spiro atoms. The van der Waals surface area contributed by atoms with Gasteiger partial charge in [0.2, 0.25) is 0 Å². The summed E-state index contributed by atoms with van der Waals surface area (Å²) in [5.74, 6) is -1.34. The third kappa shape index (κ3) is 5.91. The molecule has 2 aromatic rings. The monoisotopic (exact) mass is 369 g/mol. The number of nitrogens with one attached hydrogen (secondary N) is 1. The van der Waals surface area contributed by atoms with Crippen LogP contribution in [0.2, 0.25) is 0 Å². The Kier molecular flexibility index (Phi) is 6.79. The van der Waals surface area contributed by atoms with Crippen LogP contribution in [0, 0.1) is 0 Å². The Hall–Kier alpha value is -2.17. The van der Waals surface area contributed by atoms with Crippen molar-refractivity contribution in [2.24, 2.45) is 0 Å². The summed E-state index contributed by atoms with van der Waals surface area (Å²) in [5.41, 5.74) is 1.28. The van der Waals surface area contributed by atoms with Gasteiger partial charge in [-0.1, -0.05) is 61.5 Å². The van der Waals surface area contributed by atoms with Gasteiger partial charge in [-0.2, -0.15) is 0 Å². The molecule has 0 saturated carbocycles. The van der Waals surface area contributed by atoms with Crippen molar-refractivity contribution in [2.45, 2.75) is 64.1 Å². The lowest BCUT2D eigenvalue weighted by Crippen LogP contribution is -2.52. The fourth-order valence-electron chi connectivity index (χ4n) is 3.49. The van der Waals surface area contributed by atoms with E-state index in [0.717, 1.165) is 24.0 Å². The van der Waals surface area contributed by atoms with Crippen molar-refractivity contribution in [3.05, 3.63) is 71.3 Å². The number of carbonyl (C=O) groups is 1. The zero-order valence-corrected chi connectivity index (χ0v) is 16.7. The van der Waals surface area contributed by atoms with E-state index in [1.54, 1.807) is 31.2 Å². The molecule has 2 aromatic carbocycles. The molecule has 2 rings (SSSR count).